The zero-order valence-corrected chi connectivity index (χ0v) is 21.0. The summed E-state index contributed by atoms with van der Waals surface area (Å²) in [5.74, 6) is 1.74. The maximum atomic E-state index is 10.5. The van der Waals surface area contributed by atoms with Gasteiger partial charge in [-0.1, -0.05) is 25.5 Å². The SMILES string of the molecule is C[C@]12CC[C@H](O[C@@H]3O[C@H](CO)[C@@H](O)[C@H](O)[C@H]3O)C[C@@H]1CC[C@H]1C3=CC[C@H]([C@@H](O)CO)[C@@]3(C)CC[C@@H]12. The van der Waals surface area contributed by atoms with Crippen molar-refractivity contribution < 1.29 is 40.1 Å². The van der Waals surface area contributed by atoms with Gasteiger partial charge in [0.05, 0.1) is 25.4 Å². The first-order valence-electron chi connectivity index (χ1n) is 13.6. The normalized spacial score (nSPS) is 52.7. The van der Waals surface area contributed by atoms with E-state index in [0.29, 0.717) is 17.8 Å². The molecular weight excluding hydrogens is 452 g/mol. The van der Waals surface area contributed by atoms with Crippen molar-refractivity contribution >= 4 is 0 Å². The molecule has 0 amide bonds. The van der Waals surface area contributed by atoms with Gasteiger partial charge in [-0.15, -0.1) is 0 Å². The summed E-state index contributed by atoms with van der Waals surface area (Å²) in [7, 11) is 0. The first-order chi connectivity index (χ1) is 16.6. The Hall–Kier alpha value is -0.580. The van der Waals surface area contributed by atoms with Crippen LogP contribution in [-0.4, -0.2) is 86.8 Å². The van der Waals surface area contributed by atoms with Gasteiger partial charge in [0.15, 0.2) is 6.29 Å². The van der Waals surface area contributed by atoms with E-state index in [4.69, 9.17) is 9.47 Å². The Morgan fingerprint density at radius 3 is 2.51 bits per heavy atom. The van der Waals surface area contributed by atoms with Gasteiger partial charge in [0, 0.05) is 0 Å². The molecule has 5 aliphatic rings. The molecule has 5 rings (SSSR count). The van der Waals surface area contributed by atoms with E-state index in [0.717, 1.165) is 51.4 Å². The number of rotatable bonds is 5. The molecule has 35 heavy (non-hydrogen) atoms. The van der Waals surface area contributed by atoms with Gasteiger partial charge in [0.1, 0.15) is 24.4 Å². The fraction of sp³-hybridized carbons (Fsp3) is 0.926. The van der Waals surface area contributed by atoms with Gasteiger partial charge in [-0.25, -0.2) is 0 Å². The van der Waals surface area contributed by atoms with E-state index in [9.17, 15) is 30.6 Å². The fourth-order valence-corrected chi connectivity index (χ4v) is 8.78. The molecule has 8 heteroatoms. The monoisotopic (exact) mass is 496 g/mol. The zero-order chi connectivity index (χ0) is 25.1. The number of aliphatic hydroxyl groups is 6. The second kappa shape index (κ2) is 9.62. The highest BCUT2D eigenvalue weighted by atomic mass is 16.7. The Morgan fingerprint density at radius 2 is 1.80 bits per heavy atom. The summed E-state index contributed by atoms with van der Waals surface area (Å²) in [6.07, 6.45) is 3.45. The van der Waals surface area contributed by atoms with Crippen LogP contribution in [0.4, 0.5) is 0 Å². The van der Waals surface area contributed by atoms with Crippen LogP contribution in [0.25, 0.3) is 0 Å². The minimum absolute atomic E-state index is 0.0179. The molecule has 200 valence electrons. The molecule has 1 heterocycles. The largest absolute Gasteiger partial charge is 0.394 e. The second-order valence-corrected chi connectivity index (χ2v) is 12.4. The minimum atomic E-state index is -1.42. The average Bonchev–Trinajstić information content (AvgIpc) is 3.21. The molecule has 0 spiro atoms. The Kier molecular flexibility index (Phi) is 7.16. The van der Waals surface area contributed by atoms with Crippen molar-refractivity contribution in [3.8, 4) is 0 Å². The lowest BCUT2D eigenvalue weighted by Gasteiger charge is -2.60. The van der Waals surface area contributed by atoms with E-state index in [1.54, 1.807) is 0 Å². The molecule has 1 saturated heterocycles. The maximum absolute atomic E-state index is 10.5. The van der Waals surface area contributed by atoms with Crippen LogP contribution >= 0.6 is 0 Å². The van der Waals surface area contributed by atoms with Crippen molar-refractivity contribution in [3.05, 3.63) is 11.6 Å². The second-order valence-electron chi connectivity index (χ2n) is 12.4. The molecule has 0 radical (unpaired) electrons. The van der Waals surface area contributed by atoms with Crippen molar-refractivity contribution in [2.75, 3.05) is 13.2 Å². The summed E-state index contributed by atoms with van der Waals surface area (Å²) in [5.41, 5.74) is 1.70. The number of aliphatic hydroxyl groups excluding tert-OH is 6. The summed E-state index contributed by atoms with van der Waals surface area (Å²) in [6.45, 7) is 4.11. The lowest BCUT2D eigenvalue weighted by Crippen LogP contribution is -2.60. The molecule has 0 aromatic heterocycles. The first kappa shape index (κ1) is 26.0. The van der Waals surface area contributed by atoms with Gasteiger partial charge in [0.25, 0.3) is 0 Å². The lowest BCUT2D eigenvalue weighted by atomic mass is 9.46. The van der Waals surface area contributed by atoms with Crippen molar-refractivity contribution in [3.63, 3.8) is 0 Å². The lowest BCUT2D eigenvalue weighted by molar-refractivity contribution is -0.316. The number of fused-ring (bicyclic) bond motifs is 5. The van der Waals surface area contributed by atoms with Crippen LogP contribution in [0.2, 0.25) is 0 Å². The van der Waals surface area contributed by atoms with Crippen LogP contribution in [0, 0.1) is 34.5 Å². The molecule has 8 nitrogen and oxygen atoms in total. The summed E-state index contributed by atoms with van der Waals surface area (Å²) in [6, 6.07) is 0. The highest BCUT2D eigenvalue weighted by Crippen LogP contribution is 2.66. The molecule has 0 bridgehead atoms. The van der Waals surface area contributed by atoms with E-state index >= 15 is 0 Å². The topological polar surface area (TPSA) is 140 Å². The Balaban J connectivity index is 1.26. The molecule has 13 atom stereocenters. The van der Waals surface area contributed by atoms with Crippen LogP contribution in [-0.2, 0) is 9.47 Å². The van der Waals surface area contributed by atoms with Crippen molar-refractivity contribution in [2.45, 2.75) is 108 Å². The fourth-order valence-electron chi connectivity index (χ4n) is 8.78. The van der Waals surface area contributed by atoms with E-state index < -0.39 is 43.4 Å². The summed E-state index contributed by atoms with van der Waals surface area (Å²) >= 11 is 0. The third-order valence-corrected chi connectivity index (χ3v) is 10.9. The zero-order valence-electron chi connectivity index (χ0n) is 21.0. The first-order valence-corrected chi connectivity index (χ1v) is 13.6. The summed E-state index contributed by atoms with van der Waals surface area (Å²) in [5, 5.41) is 60.1. The highest BCUT2D eigenvalue weighted by Gasteiger charge is 2.58. The van der Waals surface area contributed by atoms with Crippen LogP contribution in [0.15, 0.2) is 11.6 Å². The van der Waals surface area contributed by atoms with Crippen molar-refractivity contribution in [2.24, 2.45) is 34.5 Å². The number of hydrogen-bond acceptors (Lipinski definition) is 8. The van der Waals surface area contributed by atoms with Crippen molar-refractivity contribution in [1.82, 2.24) is 0 Å². The van der Waals surface area contributed by atoms with E-state index in [1.807, 2.05) is 0 Å². The van der Waals surface area contributed by atoms with Gasteiger partial charge in [-0.3, -0.25) is 0 Å². The average molecular weight is 497 g/mol. The van der Waals surface area contributed by atoms with Crippen LogP contribution in [0.1, 0.15) is 65.2 Å². The number of hydrogen-bond donors (Lipinski definition) is 6. The Labute approximate surface area is 208 Å². The third-order valence-electron chi connectivity index (χ3n) is 10.9. The van der Waals surface area contributed by atoms with Gasteiger partial charge in [-0.05, 0) is 85.9 Å². The van der Waals surface area contributed by atoms with E-state index in [2.05, 4.69) is 19.9 Å². The minimum Gasteiger partial charge on any atom is -0.394 e. The predicted molar refractivity (Wildman–Crippen MR) is 127 cm³/mol. The molecule has 6 N–H and O–H groups in total. The molecule has 0 aromatic rings. The van der Waals surface area contributed by atoms with Gasteiger partial charge < -0.3 is 40.1 Å². The van der Waals surface area contributed by atoms with Gasteiger partial charge >= 0.3 is 0 Å². The standard InChI is InChI=1S/C27H44O8/c1-26-9-7-15(34-25-24(33)23(32)22(31)21(13-29)35-25)11-14(26)3-4-16-17-5-6-19(20(30)12-28)27(17,2)10-8-18(16)26/h5,14-16,18-25,28-33H,3-4,6-13H2,1-2H3/t14-,15-,16-,18-,19+,20-,21+,22+,23-,24+,25+,26-,27-/m0/s1. The van der Waals surface area contributed by atoms with E-state index in [1.165, 1.54) is 5.57 Å². The quantitative estimate of drug-likeness (QED) is 0.246. The molecule has 1 aliphatic heterocycles. The molecule has 4 fully saturated rings. The summed E-state index contributed by atoms with van der Waals surface area (Å²) in [4.78, 5) is 0. The predicted octanol–water partition coefficient (Wildman–Crippen LogP) is 1.10. The molecule has 0 aromatic carbocycles. The molecule has 3 saturated carbocycles. The van der Waals surface area contributed by atoms with Gasteiger partial charge in [-0.2, -0.15) is 0 Å². The highest BCUT2D eigenvalue weighted by molar-refractivity contribution is 5.30. The summed E-state index contributed by atoms with van der Waals surface area (Å²) < 4.78 is 11.7. The molecule has 0 unspecified atom stereocenters. The van der Waals surface area contributed by atoms with Crippen LogP contribution in [0.3, 0.4) is 0 Å². The third kappa shape index (κ3) is 4.13. The van der Waals surface area contributed by atoms with E-state index in [-0.39, 0.29) is 29.5 Å². The van der Waals surface area contributed by atoms with Gasteiger partial charge in [0.2, 0.25) is 0 Å². The van der Waals surface area contributed by atoms with Crippen LogP contribution in [0.5, 0.6) is 0 Å². The molecule has 4 aliphatic carbocycles. The van der Waals surface area contributed by atoms with Crippen LogP contribution < -0.4 is 0 Å². The Bertz CT molecular complexity index is 802. The number of ether oxygens (including phenoxy) is 2. The Morgan fingerprint density at radius 1 is 1.03 bits per heavy atom. The smallest absolute Gasteiger partial charge is 0.186 e. The van der Waals surface area contributed by atoms with Crippen molar-refractivity contribution in [1.29, 1.82) is 0 Å². The number of allylic oxidation sites excluding steroid dienone is 2. The molecular formula is C27H44O8. The maximum Gasteiger partial charge on any atom is 0.186 e.